The number of fused-ring (bicyclic) bond motifs is 1. The summed E-state index contributed by atoms with van der Waals surface area (Å²) in [6.07, 6.45) is -0.448. The largest absolute Gasteiger partial charge is 0.415 e. The molecule has 1 heterocycles. The van der Waals surface area contributed by atoms with Crippen molar-refractivity contribution < 1.29 is 14.5 Å². The molecule has 23 heavy (non-hydrogen) atoms. The van der Waals surface area contributed by atoms with Gasteiger partial charge in [0.2, 0.25) is 0 Å². The molecule has 3 rings (SSSR count). The first-order chi connectivity index (χ1) is 11.1. The molecule has 0 aliphatic carbocycles. The number of rotatable bonds is 2. The Labute approximate surface area is 137 Å². The van der Waals surface area contributed by atoms with Crippen molar-refractivity contribution in [1.29, 1.82) is 0 Å². The van der Waals surface area contributed by atoms with Crippen LogP contribution in [0.25, 0.3) is 0 Å². The van der Waals surface area contributed by atoms with Gasteiger partial charge in [-0.15, -0.1) is 11.8 Å². The van der Waals surface area contributed by atoms with Gasteiger partial charge in [0.25, 0.3) is 5.69 Å². The van der Waals surface area contributed by atoms with E-state index in [9.17, 15) is 14.9 Å². The Bertz CT molecular complexity index is 733. The Morgan fingerprint density at radius 1 is 1.17 bits per heavy atom. The monoisotopic (exact) mass is 330 g/mol. The molecule has 118 valence electrons. The maximum Gasteiger partial charge on any atom is 0.415 e. The van der Waals surface area contributed by atoms with E-state index in [1.165, 1.54) is 29.2 Å². The molecule has 1 aliphatic rings. The number of non-ortho nitro benzene ring substituents is 1. The lowest BCUT2D eigenvalue weighted by Crippen LogP contribution is -2.34. The molecule has 0 aromatic heterocycles. The number of amides is 1. The second kappa shape index (κ2) is 6.70. The molecule has 2 aromatic carbocycles. The van der Waals surface area contributed by atoms with Gasteiger partial charge in [-0.2, -0.15) is 0 Å². The lowest BCUT2D eigenvalue weighted by Gasteiger charge is -2.19. The first-order valence-corrected chi connectivity index (χ1v) is 8.04. The first-order valence-electron chi connectivity index (χ1n) is 7.05. The molecule has 0 N–H and O–H groups in total. The highest BCUT2D eigenvalue weighted by Crippen LogP contribution is 2.27. The Morgan fingerprint density at radius 2 is 1.91 bits per heavy atom. The fourth-order valence-electron chi connectivity index (χ4n) is 2.28. The molecule has 0 fully saturated rings. The number of carbonyl (C=O) groups excluding carboxylic acids is 1. The maximum atomic E-state index is 12.3. The molecule has 0 atom stereocenters. The molecule has 0 bridgehead atoms. The normalized spacial score (nSPS) is 13.8. The van der Waals surface area contributed by atoms with Gasteiger partial charge in [-0.1, -0.05) is 18.2 Å². The van der Waals surface area contributed by atoms with E-state index in [0.29, 0.717) is 18.8 Å². The third kappa shape index (κ3) is 3.62. The molecule has 6 nitrogen and oxygen atoms in total. The minimum atomic E-state index is -0.492. The van der Waals surface area contributed by atoms with E-state index in [4.69, 9.17) is 4.74 Å². The van der Waals surface area contributed by atoms with Crippen LogP contribution >= 0.6 is 11.8 Å². The molecule has 0 unspecified atom stereocenters. The van der Waals surface area contributed by atoms with Gasteiger partial charge in [0, 0.05) is 29.3 Å². The van der Waals surface area contributed by atoms with Gasteiger partial charge in [-0.05, 0) is 23.8 Å². The van der Waals surface area contributed by atoms with Gasteiger partial charge in [0.05, 0.1) is 11.5 Å². The fraction of sp³-hybridized carbons (Fsp3) is 0.188. The predicted molar refractivity (Wildman–Crippen MR) is 86.7 cm³/mol. The number of benzene rings is 2. The van der Waals surface area contributed by atoms with Crippen molar-refractivity contribution in [1.82, 2.24) is 4.90 Å². The van der Waals surface area contributed by atoms with Crippen molar-refractivity contribution in [2.24, 2.45) is 0 Å². The smallest absolute Gasteiger partial charge is 0.410 e. The molecule has 0 spiro atoms. The number of ether oxygens (including phenoxy) is 1. The van der Waals surface area contributed by atoms with Crippen molar-refractivity contribution in [3.05, 3.63) is 64.2 Å². The van der Waals surface area contributed by atoms with Crippen molar-refractivity contribution in [2.45, 2.75) is 11.4 Å². The van der Waals surface area contributed by atoms with Crippen molar-refractivity contribution >= 4 is 23.5 Å². The first kappa shape index (κ1) is 15.4. The van der Waals surface area contributed by atoms with Crippen LogP contribution in [0.1, 0.15) is 5.56 Å². The molecule has 1 amide bonds. The summed E-state index contributed by atoms with van der Waals surface area (Å²) in [5.41, 5.74) is 1.06. The zero-order valence-corrected chi connectivity index (χ0v) is 13.0. The maximum absolute atomic E-state index is 12.3. The second-order valence-corrected chi connectivity index (χ2v) is 6.13. The second-order valence-electron chi connectivity index (χ2n) is 5.00. The fourth-order valence-corrected chi connectivity index (χ4v) is 3.31. The van der Waals surface area contributed by atoms with Gasteiger partial charge in [0.1, 0.15) is 5.75 Å². The van der Waals surface area contributed by atoms with E-state index >= 15 is 0 Å². The summed E-state index contributed by atoms with van der Waals surface area (Å²) in [7, 11) is 0. The standard InChI is InChI=1S/C16H14N2O4S/c19-16(22-14-7-5-13(6-8-14)18(20)21)17-9-10-23-15-4-2-1-3-12(15)11-17/h1-8H,9-11H2. The highest BCUT2D eigenvalue weighted by atomic mass is 32.2. The van der Waals surface area contributed by atoms with E-state index in [0.717, 1.165) is 11.3 Å². The number of carbonyl (C=O) groups is 1. The molecular weight excluding hydrogens is 316 g/mol. The topological polar surface area (TPSA) is 72.7 Å². The van der Waals surface area contributed by atoms with E-state index in [-0.39, 0.29) is 5.69 Å². The average molecular weight is 330 g/mol. The third-order valence-corrected chi connectivity index (χ3v) is 4.56. The van der Waals surface area contributed by atoms with Gasteiger partial charge >= 0.3 is 6.09 Å². The Kier molecular flexibility index (Phi) is 4.47. The predicted octanol–water partition coefficient (Wildman–Crippen LogP) is 3.70. The van der Waals surface area contributed by atoms with Gasteiger partial charge in [-0.3, -0.25) is 10.1 Å². The number of hydrogen-bond donors (Lipinski definition) is 0. The summed E-state index contributed by atoms with van der Waals surface area (Å²) in [5, 5.41) is 10.6. The molecular formula is C16H14N2O4S. The number of nitro benzene ring substituents is 1. The number of hydrogen-bond acceptors (Lipinski definition) is 5. The van der Waals surface area contributed by atoms with Crippen LogP contribution in [0.2, 0.25) is 0 Å². The van der Waals surface area contributed by atoms with Crippen molar-refractivity contribution in [3.8, 4) is 5.75 Å². The number of nitrogens with zero attached hydrogens (tertiary/aromatic N) is 2. The van der Waals surface area contributed by atoms with Crippen LogP contribution in [0, 0.1) is 10.1 Å². The van der Waals surface area contributed by atoms with Crippen LogP contribution in [0.4, 0.5) is 10.5 Å². The summed E-state index contributed by atoms with van der Waals surface area (Å²) in [6, 6.07) is 13.5. The van der Waals surface area contributed by atoms with Gasteiger partial charge in [-0.25, -0.2) is 4.79 Å². The Morgan fingerprint density at radius 3 is 2.65 bits per heavy atom. The van der Waals surface area contributed by atoms with E-state index in [2.05, 4.69) is 0 Å². The van der Waals surface area contributed by atoms with Crippen LogP contribution in [-0.2, 0) is 6.54 Å². The summed E-state index contributed by atoms with van der Waals surface area (Å²) in [4.78, 5) is 25.3. The molecule has 1 aliphatic heterocycles. The van der Waals surface area contributed by atoms with Gasteiger partial charge < -0.3 is 9.64 Å². The summed E-state index contributed by atoms with van der Waals surface area (Å²) in [6.45, 7) is 1.08. The molecule has 7 heteroatoms. The SMILES string of the molecule is O=C(Oc1ccc([N+](=O)[O-])cc1)N1CCSc2ccccc2C1. The average Bonchev–Trinajstić information content (AvgIpc) is 2.77. The van der Waals surface area contributed by atoms with E-state index in [1.807, 2.05) is 24.3 Å². The molecule has 0 saturated carbocycles. The lowest BCUT2D eigenvalue weighted by molar-refractivity contribution is -0.384. The Hall–Kier alpha value is -2.54. The van der Waals surface area contributed by atoms with E-state index < -0.39 is 11.0 Å². The summed E-state index contributed by atoms with van der Waals surface area (Å²) >= 11 is 1.72. The lowest BCUT2D eigenvalue weighted by atomic mass is 10.2. The zero-order chi connectivity index (χ0) is 16.2. The highest BCUT2D eigenvalue weighted by Gasteiger charge is 2.21. The van der Waals surface area contributed by atoms with Crippen LogP contribution in [0.3, 0.4) is 0 Å². The number of nitro groups is 1. The van der Waals surface area contributed by atoms with Crippen LogP contribution in [0.5, 0.6) is 5.75 Å². The summed E-state index contributed by atoms with van der Waals surface area (Å²) in [5.74, 6) is 1.10. The van der Waals surface area contributed by atoms with Crippen molar-refractivity contribution in [3.63, 3.8) is 0 Å². The number of thioether (sulfide) groups is 1. The van der Waals surface area contributed by atoms with Crippen LogP contribution in [0.15, 0.2) is 53.4 Å². The quantitative estimate of drug-likeness (QED) is 0.620. The minimum Gasteiger partial charge on any atom is -0.410 e. The van der Waals surface area contributed by atoms with E-state index in [1.54, 1.807) is 16.7 Å². The molecule has 0 radical (unpaired) electrons. The Balaban J connectivity index is 1.69. The zero-order valence-electron chi connectivity index (χ0n) is 12.2. The molecule has 2 aromatic rings. The van der Waals surface area contributed by atoms with Crippen LogP contribution < -0.4 is 4.74 Å². The van der Waals surface area contributed by atoms with Crippen molar-refractivity contribution in [2.75, 3.05) is 12.3 Å². The minimum absolute atomic E-state index is 0.0371. The third-order valence-electron chi connectivity index (χ3n) is 3.46. The van der Waals surface area contributed by atoms with Crippen LogP contribution in [-0.4, -0.2) is 28.2 Å². The summed E-state index contributed by atoms with van der Waals surface area (Å²) < 4.78 is 5.31. The van der Waals surface area contributed by atoms with Gasteiger partial charge in [0.15, 0.2) is 0 Å². The molecule has 0 saturated heterocycles. The highest BCUT2D eigenvalue weighted by molar-refractivity contribution is 7.99.